The fourth-order valence-corrected chi connectivity index (χ4v) is 1.94. The summed E-state index contributed by atoms with van der Waals surface area (Å²) in [6.07, 6.45) is 0.931. The molecule has 1 aromatic rings. The van der Waals surface area contributed by atoms with Gasteiger partial charge in [-0.05, 0) is 6.42 Å². The Morgan fingerprint density at radius 2 is 2.07 bits per heavy atom. The second-order valence-electron chi connectivity index (χ2n) is 2.42. The molecule has 1 rings (SSSR count). The highest BCUT2D eigenvalue weighted by atomic mass is 32.2. The molecule has 14 heavy (non-hydrogen) atoms. The SMILES string of the molecule is CCCNc1nnc(NS(=O)(=O)O)s1. The highest BCUT2D eigenvalue weighted by Crippen LogP contribution is 2.20. The number of nitrogens with one attached hydrogen (secondary N) is 2. The van der Waals surface area contributed by atoms with Crippen LogP contribution < -0.4 is 10.0 Å². The smallest absolute Gasteiger partial charge is 0.359 e. The summed E-state index contributed by atoms with van der Waals surface area (Å²) in [7, 11) is -4.25. The number of anilines is 2. The van der Waals surface area contributed by atoms with Gasteiger partial charge < -0.3 is 5.32 Å². The lowest BCUT2D eigenvalue weighted by molar-refractivity contribution is 0.489. The number of hydrogen-bond acceptors (Lipinski definition) is 6. The van der Waals surface area contributed by atoms with E-state index in [-0.39, 0.29) is 5.13 Å². The third-order valence-corrected chi connectivity index (χ3v) is 2.54. The van der Waals surface area contributed by atoms with Crippen molar-refractivity contribution in [3.63, 3.8) is 0 Å². The molecular formula is C5H10N4O3S2. The van der Waals surface area contributed by atoms with Crippen molar-refractivity contribution in [3.05, 3.63) is 0 Å². The van der Waals surface area contributed by atoms with Crippen LogP contribution in [0.25, 0.3) is 0 Å². The van der Waals surface area contributed by atoms with E-state index in [0.29, 0.717) is 5.13 Å². The highest BCUT2D eigenvalue weighted by Gasteiger charge is 2.09. The van der Waals surface area contributed by atoms with Crippen LogP contribution in [-0.2, 0) is 10.3 Å². The van der Waals surface area contributed by atoms with Crippen LogP contribution >= 0.6 is 11.3 Å². The van der Waals surface area contributed by atoms with Gasteiger partial charge in [-0.2, -0.15) is 8.42 Å². The van der Waals surface area contributed by atoms with E-state index in [1.807, 2.05) is 11.6 Å². The topological polar surface area (TPSA) is 104 Å². The monoisotopic (exact) mass is 238 g/mol. The molecule has 1 aromatic heterocycles. The standard InChI is InChI=1S/C5H10N4O3S2/c1-2-3-6-4-7-8-5(13-4)9-14(10,11)12/h2-3H2,1H3,(H,6,7)(H,8,9)(H,10,11,12). The summed E-state index contributed by atoms with van der Waals surface area (Å²) in [6.45, 7) is 2.73. The Hall–Kier alpha value is -0.930. The van der Waals surface area contributed by atoms with Gasteiger partial charge in [0.15, 0.2) is 0 Å². The zero-order valence-electron chi connectivity index (χ0n) is 7.39. The molecule has 0 amide bonds. The van der Waals surface area contributed by atoms with Crippen molar-refractivity contribution < 1.29 is 13.0 Å². The second kappa shape index (κ2) is 4.53. The first-order valence-corrected chi connectivity index (χ1v) is 6.09. The van der Waals surface area contributed by atoms with Gasteiger partial charge in [-0.25, -0.2) is 4.72 Å². The summed E-state index contributed by atoms with van der Waals surface area (Å²) in [6, 6.07) is 0. The van der Waals surface area contributed by atoms with Crippen LogP contribution in [0.2, 0.25) is 0 Å². The minimum Gasteiger partial charge on any atom is -0.360 e. The summed E-state index contributed by atoms with van der Waals surface area (Å²) in [4.78, 5) is 0. The third-order valence-electron chi connectivity index (χ3n) is 1.17. The molecular weight excluding hydrogens is 228 g/mol. The predicted molar refractivity (Wildman–Crippen MR) is 53.9 cm³/mol. The molecule has 1 heterocycles. The normalized spacial score (nSPS) is 11.3. The first kappa shape index (κ1) is 11.1. The van der Waals surface area contributed by atoms with Crippen LogP contribution in [0.4, 0.5) is 10.3 Å². The molecule has 0 saturated carbocycles. The van der Waals surface area contributed by atoms with Crippen molar-refractivity contribution in [1.29, 1.82) is 0 Å². The van der Waals surface area contributed by atoms with Crippen LogP contribution in [0.1, 0.15) is 13.3 Å². The molecule has 0 aliphatic carbocycles. The van der Waals surface area contributed by atoms with Gasteiger partial charge in [0.25, 0.3) is 0 Å². The maximum absolute atomic E-state index is 10.4. The predicted octanol–water partition coefficient (Wildman–Crippen LogP) is 0.575. The van der Waals surface area contributed by atoms with Crippen LogP contribution in [0.15, 0.2) is 0 Å². The molecule has 0 aromatic carbocycles. The van der Waals surface area contributed by atoms with Crippen LogP contribution in [-0.4, -0.2) is 29.7 Å². The van der Waals surface area contributed by atoms with Gasteiger partial charge in [-0.1, -0.05) is 18.3 Å². The minimum atomic E-state index is -4.25. The fourth-order valence-electron chi connectivity index (χ4n) is 0.678. The van der Waals surface area contributed by atoms with E-state index in [1.54, 1.807) is 0 Å². The Balaban J connectivity index is 2.59. The van der Waals surface area contributed by atoms with Crippen molar-refractivity contribution in [2.75, 3.05) is 16.6 Å². The highest BCUT2D eigenvalue weighted by molar-refractivity contribution is 7.87. The molecule has 0 spiro atoms. The molecule has 0 aliphatic rings. The van der Waals surface area contributed by atoms with E-state index in [4.69, 9.17) is 4.55 Å². The van der Waals surface area contributed by atoms with E-state index in [0.717, 1.165) is 24.3 Å². The molecule has 0 radical (unpaired) electrons. The van der Waals surface area contributed by atoms with Gasteiger partial charge in [0.2, 0.25) is 10.3 Å². The van der Waals surface area contributed by atoms with Gasteiger partial charge in [-0.15, -0.1) is 10.2 Å². The third kappa shape index (κ3) is 3.85. The van der Waals surface area contributed by atoms with Crippen molar-refractivity contribution >= 4 is 31.9 Å². The maximum atomic E-state index is 10.4. The van der Waals surface area contributed by atoms with Crippen molar-refractivity contribution in [2.24, 2.45) is 0 Å². The van der Waals surface area contributed by atoms with Crippen LogP contribution in [0, 0.1) is 0 Å². The molecule has 0 bridgehead atoms. The Labute approximate surface area is 85.4 Å². The Morgan fingerprint density at radius 3 is 2.64 bits per heavy atom. The number of aromatic nitrogens is 2. The lowest BCUT2D eigenvalue weighted by Gasteiger charge is -1.95. The molecule has 9 heteroatoms. The average Bonchev–Trinajstić information content (AvgIpc) is 2.46. The number of nitrogens with zero attached hydrogens (tertiary/aromatic N) is 2. The second-order valence-corrected chi connectivity index (χ2v) is 4.55. The molecule has 7 nitrogen and oxygen atoms in total. The van der Waals surface area contributed by atoms with E-state index in [2.05, 4.69) is 15.5 Å². The summed E-state index contributed by atoms with van der Waals surface area (Å²) >= 11 is 1.02. The Bertz CT molecular complexity index is 387. The number of hydrogen-bond donors (Lipinski definition) is 3. The summed E-state index contributed by atoms with van der Waals surface area (Å²) in [5.74, 6) is 0. The number of rotatable bonds is 5. The summed E-state index contributed by atoms with van der Waals surface area (Å²) in [5, 5.41) is 10.6. The fraction of sp³-hybridized carbons (Fsp3) is 0.600. The van der Waals surface area contributed by atoms with Crippen LogP contribution in [0.3, 0.4) is 0 Å². The molecule has 0 unspecified atom stereocenters. The van der Waals surface area contributed by atoms with E-state index >= 15 is 0 Å². The van der Waals surface area contributed by atoms with Gasteiger partial charge in [0, 0.05) is 6.54 Å². The zero-order valence-corrected chi connectivity index (χ0v) is 9.02. The zero-order chi connectivity index (χ0) is 10.6. The first-order valence-electron chi connectivity index (χ1n) is 3.84. The van der Waals surface area contributed by atoms with Crippen molar-refractivity contribution in [3.8, 4) is 0 Å². The van der Waals surface area contributed by atoms with E-state index < -0.39 is 10.3 Å². The lowest BCUT2D eigenvalue weighted by Crippen LogP contribution is -2.09. The molecule has 3 N–H and O–H groups in total. The maximum Gasteiger partial charge on any atom is 0.359 e. The van der Waals surface area contributed by atoms with E-state index in [1.165, 1.54) is 0 Å². The van der Waals surface area contributed by atoms with Gasteiger partial charge in [0.1, 0.15) is 0 Å². The summed E-state index contributed by atoms with van der Waals surface area (Å²) < 4.78 is 31.0. The Morgan fingerprint density at radius 1 is 1.43 bits per heavy atom. The Kier molecular flexibility index (Phi) is 3.61. The molecule has 0 fully saturated rings. The molecule has 0 aliphatic heterocycles. The van der Waals surface area contributed by atoms with Crippen molar-refractivity contribution in [1.82, 2.24) is 10.2 Å². The molecule has 0 atom stereocenters. The molecule has 0 saturated heterocycles. The van der Waals surface area contributed by atoms with Gasteiger partial charge >= 0.3 is 10.3 Å². The minimum absolute atomic E-state index is 0.0334. The van der Waals surface area contributed by atoms with E-state index in [9.17, 15) is 8.42 Å². The largest absolute Gasteiger partial charge is 0.360 e. The van der Waals surface area contributed by atoms with Gasteiger partial charge in [0.05, 0.1) is 0 Å². The summed E-state index contributed by atoms with van der Waals surface area (Å²) in [5.41, 5.74) is 0. The average molecular weight is 238 g/mol. The van der Waals surface area contributed by atoms with Crippen molar-refractivity contribution in [2.45, 2.75) is 13.3 Å². The first-order chi connectivity index (χ1) is 6.51. The quantitative estimate of drug-likeness (QED) is 0.648. The van der Waals surface area contributed by atoms with Gasteiger partial charge in [-0.3, -0.25) is 4.55 Å². The molecule has 80 valence electrons. The van der Waals surface area contributed by atoms with Crippen LogP contribution in [0.5, 0.6) is 0 Å². The lowest BCUT2D eigenvalue weighted by atomic mass is 10.5.